The van der Waals surface area contributed by atoms with Gasteiger partial charge in [0.2, 0.25) is 0 Å². The molecule has 0 radical (unpaired) electrons. The normalized spacial score (nSPS) is 17.8. The average molecular weight is 160 g/mol. The second-order valence-corrected chi connectivity index (χ2v) is 3.73. The van der Waals surface area contributed by atoms with Crippen LogP contribution in [0.1, 0.15) is 13.8 Å². The highest BCUT2D eigenvalue weighted by molar-refractivity contribution is 5.46. The lowest BCUT2D eigenvalue weighted by Crippen LogP contribution is -2.20. The quantitative estimate of drug-likeness (QED) is 0.550. The number of nitrogen functional groups attached to an aromatic ring is 1. The second-order valence-electron chi connectivity index (χ2n) is 3.73. The van der Waals surface area contributed by atoms with Gasteiger partial charge in [-0.3, -0.25) is 4.99 Å². The summed E-state index contributed by atoms with van der Waals surface area (Å²) in [6.07, 6.45) is 2.14. The summed E-state index contributed by atoms with van der Waals surface area (Å²) in [5, 5.41) is 2.20. The van der Waals surface area contributed by atoms with Gasteiger partial charge < -0.3 is 5.73 Å². The number of rotatable bonds is 0. The lowest BCUT2D eigenvalue weighted by atomic mass is 10.1. The predicted octanol–water partition coefficient (Wildman–Crippen LogP) is 0.461. The molecule has 0 spiro atoms. The van der Waals surface area contributed by atoms with E-state index < -0.39 is 0 Å². The zero-order valence-corrected chi connectivity index (χ0v) is 7.33. The highest BCUT2D eigenvalue weighted by Gasteiger charge is 2.15. The first-order valence-electron chi connectivity index (χ1n) is 4.05. The maximum absolute atomic E-state index is 5.66. The van der Waals surface area contributed by atoms with Gasteiger partial charge in [-0.2, -0.15) is 0 Å². The monoisotopic (exact) mass is 160 g/mol. The summed E-state index contributed by atoms with van der Waals surface area (Å²) in [6, 6.07) is 5.82. The molecule has 1 aromatic rings. The van der Waals surface area contributed by atoms with Crippen LogP contribution in [-0.4, -0.2) is 5.54 Å². The third kappa shape index (κ3) is 1.09. The van der Waals surface area contributed by atoms with Crippen LogP contribution in [0.2, 0.25) is 0 Å². The van der Waals surface area contributed by atoms with Gasteiger partial charge in [-0.1, -0.05) is 0 Å². The van der Waals surface area contributed by atoms with Crippen molar-refractivity contribution in [1.29, 1.82) is 0 Å². The molecule has 0 aromatic heterocycles. The molecule has 0 saturated heterocycles. The maximum atomic E-state index is 5.66. The summed E-state index contributed by atoms with van der Waals surface area (Å²) in [6.45, 7) is 4.17. The molecule has 1 aromatic carbocycles. The molecule has 0 saturated carbocycles. The number of anilines is 1. The van der Waals surface area contributed by atoms with Crippen LogP contribution in [0.5, 0.6) is 0 Å². The van der Waals surface area contributed by atoms with Crippen molar-refractivity contribution in [3.63, 3.8) is 0 Å². The molecule has 0 amide bonds. The Balaban J connectivity index is 2.78. The van der Waals surface area contributed by atoms with E-state index in [0.29, 0.717) is 0 Å². The number of fused-ring (bicyclic) bond motifs is 1. The van der Waals surface area contributed by atoms with E-state index in [9.17, 15) is 0 Å². The van der Waals surface area contributed by atoms with E-state index in [1.165, 1.54) is 0 Å². The molecule has 2 nitrogen and oxygen atoms in total. The van der Waals surface area contributed by atoms with E-state index in [4.69, 9.17) is 5.73 Å². The van der Waals surface area contributed by atoms with E-state index in [2.05, 4.69) is 24.9 Å². The van der Waals surface area contributed by atoms with Crippen LogP contribution in [0.15, 0.2) is 23.2 Å². The number of nitrogens with zero attached hydrogens (tertiary/aromatic N) is 1. The minimum atomic E-state index is -0.0594. The largest absolute Gasteiger partial charge is 0.399 e. The molecule has 2 heteroatoms. The molecule has 0 unspecified atom stereocenters. The third-order valence-corrected chi connectivity index (χ3v) is 1.97. The molecule has 1 aliphatic rings. The summed E-state index contributed by atoms with van der Waals surface area (Å²) in [7, 11) is 0. The second kappa shape index (κ2) is 2.09. The van der Waals surface area contributed by atoms with Gasteiger partial charge in [0.15, 0.2) is 0 Å². The van der Waals surface area contributed by atoms with Crippen LogP contribution in [0.3, 0.4) is 0 Å². The van der Waals surface area contributed by atoms with Gasteiger partial charge in [0.05, 0.1) is 10.9 Å². The molecule has 0 bridgehead atoms. The molecule has 0 aliphatic carbocycles. The Hall–Kier alpha value is -1.31. The minimum absolute atomic E-state index is 0.0594. The van der Waals surface area contributed by atoms with E-state index in [1.54, 1.807) is 0 Å². The third-order valence-electron chi connectivity index (χ3n) is 1.97. The summed E-state index contributed by atoms with van der Waals surface area (Å²) in [5.74, 6) is 0. The van der Waals surface area contributed by atoms with Crippen molar-refractivity contribution in [2.75, 3.05) is 5.73 Å². The molecule has 2 rings (SSSR count). The van der Waals surface area contributed by atoms with E-state index >= 15 is 0 Å². The Kier molecular flexibility index (Phi) is 1.28. The molecule has 1 heterocycles. The highest BCUT2D eigenvalue weighted by atomic mass is 14.8. The summed E-state index contributed by atoms with van der Waals surface area (Å²) >= 11 is 0. The Morgan fingerprint density at radius 2 is 2.08 bits per heavy atom. The van der Waals surface area contributed by atoms with Crippen molar-refractivity contribution in [2.24, 2.45) is 4.99 Å². The maximum Gasteiger partial charge on any atom is 0.0748 e. The lowest BCUT2D eigenvalue weighted by molar-refractivity contribution is 0.690. The smallest absolute Gasteiger partial charge is 0.0748 e. The van der Waals surface area contributed by atoms with E-state index in [0.717, 1.165) is 16.3 Å². The van der Waals surface area contributed by atoms with Crippen LogP contribution in [0.25, 0.3) is 6.08 Å². The van der Waals surface area contributed by atoms with Crippen LogP contribution >= 0.6 is 0 Å². The number of benzene rings is 1. The van der Waals surface area contributed by atoms with Gasteiger partial charge in [0.25, 0.3) is 0 Å². The highest BCUT2D eigenvalue weighted by Crippen LogP contribution is 2.11. The van der Waals surface area contributed by atoms with Crippen molar-refractivity contribution < 1.29 is 0 Å². The van der Waals surface area contributed by atoms with Crippen molar-refractivity contribution in [3.8, 4) is 0 Å². The van der Waals surface area contributed by atoms with Crippen molar-refractivity contribution in [1.82, 2.24) is 0 Å². The first-order chi connectivity index (χ1) is 5.57. The molecule has 2 N–H and O–H groups in total. The van der Waals surface area contributed by atoms with Crippen molar-refractivity contribution >= 4 is 11.8 Å². The number of nitrogens with two attached hydrogens (primary N) is 1. The fraction of sp³-hybridized carbons (Fsp3) is 0.300. The number of hydrogen-bond donors (Lipinski definition) is 1. The predicted molar refractivity (Wildman–Crippen MR) is 50.2 cm³/mol. The van der Waals surface area contributed by atoms with Crippen LogP contribution in [0.4, 0.5) is 5.69 Å². The van der Waals surface area contributed by atoms with E-state index in [1.807, 2.05) is 18.2 Å². The Morgan fingerprint density at radius 1 is 1.33 bits per heavy atom. The summed E-state index contributed by atoms with van der Waals surface area (Å²) in [5.41, 5.74) is 6.40. The molecule has 62 valence electrons. The van der Waals surface area contributed by atoms with Gasteiger partial charge in [-0.25, -0.2) is 0 Å². The van der Waals surface area contributed by atoms with Gasteiger partial charge in [-0.05, 0) is 38.1 Å². The van der Waals surface area contributed by atoms with Gasteiger partial charge in [-0.15, -0.1) is 0 Å². The number of hydrogen-bond acceptors (Lipinski definition) is 2. The fourth-order valence-electron chi connectivity index (χ4n) is 1.51. The molecular formula is C10H12N2. The molecular weight excluding hydrogens is 148 g/mol. The topological polar surface area (TPSA) is 38.4 Å². The van der Waals surface area contributed by atoms with Crippen molar-refractivity contribution in [2.45, 2.75) is 19.4 Å². The molecule has 0 atom stereocenters. The summed E-state index contributed by atoms with van der Waals surface area (Å²) in [4.78, 5) is 4.51. The average Bonchev–Trinajstić information content (AvgIpc) is 2.21. The fourth-order valence-corrected chi connectivity index (χ4v) is 1.51. The zero-order valence-electron chi connectivity index (χ0n) is 7.33. The Bertz CT molecular complexity index is 430. The van der Waals surface area contributed by atoms with Crippen molar-refractivity contribution in [3.05, 3.63) is 28.8 Å². The van der Waals surface area contributed by atoms with Gasteiger partial charge in [0, 0.05) is 10.9 Å². The van der Waals surface area contributed by atoms with Crippen LogP contribution < -0.4 is 16.3 Å². The van der Waals surface area contributed by atoms with Crippen LogP contribution in [-0.2, 0) is 0 Å². The Labute approximate surface area is 71.4 Å². The van der Waals surface area contributed by atoms with E-state index in [-0.39, 0.29) is 5.54 Å². The Morgan fingerprint density at radius 3 is 2.83 bits per heavy atom. The molecule has 1 aliphatic heterocycles. The standard InChI is InChI=1S/C10H12N2/c1-10(2)6-7-5-8(11)3-4-9(7)12-10/h3-6H,11H2,1-2H3. The zero-order chi connectivity index (χ0) is 8.77. The molecule has 0 fully saturated rings. The SMILES string of the molecule is CC1(C)C=c2cc(N)ccc2=N1. The minimum Gasteiger partial charge on any atom is -0.399 e. The van der Waals surface area contributed by atoms with Crippen LogP contribution in [0, 0.1) is 0 Å². The van der Waals surface area contributed by atoms with Gasteiger partial charge in [0.1, 0.15) is 0 Å². The first-order valence-corrected chi connectivity index (χ1v) is 4.05. The summed E-state index contributed by atoms with van der Waals surface area (Å²) < 4.78 is 0. The first kappa shape index (κ1) is 7.35. The molecule has 12 heavy (non-hydrogen) atoms. The van der Waals surface area contributed by atoms with Gasteiger partial charge >= 0.3 is 0 Å². The lowest BCUT2D eigenvalue weighted by Gasteiger charge is -2.07.